The highest BCUT2D eigenvalue weighted by Gasteiger charge is 2.21. The van der Waals surface area contributed by atoms with E-state index in [2.05, 4.69) is 10.1 Å². The van der Waals surface area contributed by atoms with Crippen molar-refractivity contribution in [3.63, 3.8) is 0 Å². The summed E-state index contributed by atoms with van der Waals surface area (Å²) in [5, 5.41) is 6.00. The van der Waals surface area contributed by atoms with Crippen LogP contribution in [0.5, 0.6) is 0 Å². The summed E-state index contributed by atoms with van der Waals surface area (Å²) < 4.78 is 26.6. The lowest BCUT2D eigenvalue weighted by atomic mass is 10.3. The van der Waals surface area contributed by atoms with Gasteiger partial charge in [-0.25, -0.2) is 14.2 Å². The number of para-hydroxylation sites is 1. The highest BCUT2D eigenvalue weighted by atomic mass is 32.1. The van der Waals surface area contributed by atoms with Crippen LogP contribution < -0.4 is 4.90 Å². The van der Waals surface area contributed by atoms with Crippen molar-refractivity contribution in [3.05, 3.63) is 83.3 Å². The molecule has 10 heteroatoms. The third-order valence-corrected chi connectivity index (χ3v) is 5.10. The first-order valence-electron chi connectivity index (χ1n) is 9.24. The quantitative estimate of drug-likeness (QED) is 0.401. The third kappa shape index (κ3) is 4.69. The lowest BCUT2D eigenvalue weighted by Crippen LogP contribution is -2.23. The van der Waals surface area contributed by atoms with Crippen LogP contribution in [-0.2, 0) is 22.7 Å². The van der Waals surface area contributed by atoms with Crippen molar-refractivity contribution < 1.29 is 23.1 Å². The fraction of sp³-hybridized carbons (Fsp3) is 0.143. The molecule has 3 heterocycles. The van der Waals surface area contributed by atoms with Crippen molar-refractivity contribution in [1.29, 1.82) is 0 Å². The number of esters is 1. The Morgan fingerprint density at radius 3 is 2.81 bits per heavy atom. The molecule has 0 bridgehead atoms. The predicted octanol–water partition coefficient (Wildman–Crippen LogP) is 4.16. The molecule has 0 aliphatic rings. The van der Waals surface area contributed by atoms with Gasteiger partial charge in [0.1, 0.15) is 18.2 Å². The number of furan rings is 1. The molecule has 0 aliphatic heterocycles. The number of amides is 1. The predicted molar refractivity (Wildman–Crippen MR) is 110 cm³/mol. The molecule has 0 atom stereocenters. The number of aromatic nitrogens is 3. The molecule has 0 fully saturated rings. The summed E-state index contributed by atoms with van der Waals surface area (Å²) in [6, 6.07) is 10.9. The van der Waals surface area contributed by atoms with Crippen molar-refractivity contribution in [2.75, 3.05) is 4.90 Å². The van der Waals surface area contributed by atoms with Gasteiger partial charge in [-0.1, -0.05) is 12.1 Å². The first-order chi connectivity index (χ1) is 15.0. The molecular weight excluding hydrogens is 423 g/mol. The van der Waals surface area contributed by atoms with Crippen LogP contribution in [-0.4, -0.2) is 26.6 Å². The summed E-state index contributed by atoms with van der Waals surface area (Å²) in [5.41, 5.74) is 0.535. The maximum absolute atomic E-state index is 14.2. The monoisotopic (exact) mass is 440 g/mol. The van der Waals surface area contributed by atoms with E-state index in [0.717, 1.165) is 11.3 Å². The van der Waals surface area contributed by atoms with Gasteiger partial charge in [-0.3, -0.25) is 14.4 Å². The molecule has 4 rings (SSSR count). The Labute approximate surface area is 180 Å². The Balaban J connectivity index is 1.41. The summed E-state index contributed by atoms with van der Waals surface area (Å²) in [6.07, 6.45) is 3.44. The Kier molecular flexibility index (Phi) is 5.89. The fourth-order valence-electron chi connectivity index (χ4n) is 2.84. The van der Waals surface area contributed by atoms with Crippen LogP contribution in [0.4, 0.5) is 15.2 Å². The van der Waals surface area contributed by atoms with Gasteiger partial charge in [0.2, 0.25) is 11.7 Å². The minimum Gasteiger partial charge on any atom is -0.453 e. The van der Waals surface area contributed by atoms with Gasteiger partial charge in [-0.05, 0) is 30.3 Å². The van der Waals surface area contributed by atoms with Crippen molar-refractivity contribution in [2.45, 2.75) is 20.1 Å². The molecule has 0 radical (unpaired) electrons. The number of hydrogen-bond donors (Lipinski definition) is 0. The maximum Gasteiger partial charge on any atom is 0.374 e. The maximum atomic E-state index is 14.2. The second-order valence-corrected chi connectivity index (χ2v) is 7.31. The largest absolute Gasteiger partial charge is 0.453 e. The van der Waals surface area contributed by atoms with E-state index in [9.17, 15) is 14.0 Å². The smallest absolute Gasteiger partial charge is 0.374 e. The zero-order valence-electron chi connectivity index (χ0n) is 16.4. The van der Waals surface area contributed by atoms with Crippen LogP contribution >= 0.6 is 11.3 Å². The van der Waals surface area contributed by atoms with E-state index < -0.39 is 11.8 Å². The normalized spacial score (nSPS) is 10.8. The molecule has 0 spiro atoms. The van der Waals surface area contributed by atoms with Crippen LogP contribution in [0.2, 0.25) is 0 Å². The van der Waals surface area contributed by atoms with Gasteiger partial charge in [0.25, 0.3) is 0 Å². The molecule has 31 heavy (non-hydrogen) atoms. The number of rotatable bonds is 7. The molecule has 0 saturated heterocycles. The van der Waals surface area contributed by atoms with E-state index in [1.54, 1.807) is 46.7 Å². The number of anilines is 2. The van der Waals surface area contributed by atoms with Crippen LogP contribution in [0.1, 0.15) is 28.9 Å². The van der Waals surface area contributed by atoms with Crippen LogP contribution in [0.15, 0.2) is 64.7 Å². The van der Waals surface area contributed by atoms with Gasteiger partial charge in [0, 0.05) is 24.7 Å². The zero-order valence-corrected chi connectivity index (χ0v) is 17.2. The second kappa shape index (κ2) is 8.92. The van der Waals surface area contributed by atoms with E-state index in [4.69, 9.17) is 9.15 Å². The lowest BCUT2D eigenvalue weighted by Gasteiger charge is -2.18. The molecule has 158 valence electrons. The average molecular weight is 440 g/mol. The summed E-state index contributed by atoms with van der Waals surface area (Å²) >= 11 is 1.15. The van der Waals surface area contributed by atoms with Crippen LogP contribution in [0.3, 0.4) is 0 Å². The number of ether oxygens (including phenoxy) is 1. The van der Waals surface area contributed by atoms with E-state index in [1.165, 1.54) is 30.0 Å². The number of carbonyl (C=O) groups excluding carboxylic acids is 2. The second-order valence-electron chi connectivity index (χ2n) is 6.47. The van der Waals surface area contributed by atoms with Crippen molar-refractivity contribution in [1.82, 2.24) is 14.8 Å². The van der Waals surface area contributed by atoms with Gasteiger partial charge in [-0.15, -0.1) is 11.3 Å². The minimum atomic E-state index is -0.640. The molecule has 0 unspecified atom stereocenters. The number of benzene rings is 1. The molecule has 4 aromatic rings. The molecule has 8 nitrogen and oxygen atoms in total. The third-order valence-electron chi connectivity index (χ3n) is 4.23. The molecule has 1 aromatic carbocycles. The van der Waals surface area contributed by atoms with E-state index >= 15 is 0 Å². The Morgan fingerprint density at radius 2 is 2.06 bits per heavy atom. The van der Waals surface area contributed by atoms with Gasteiger partial charge in [-0.2, -0.15) is 5.10 Å². The van der Waals surface area contributed by atoms with E-state index in [0.29, 0.717) is 18.0 Å². The van der Waals surface area contributed by atoms with Crippen LogP contribution in [0.25, 0.3) is 0 Å². The first-order valence-corrected chi connectivity index (χ1v) is 10.1. The van der Waals surface area contributed by atoms with Crippen LogP contribution in [0, 0.1) is 5.82 Å². The Bertz CT molecular complexity index is 1200. The van der Waals surface area contributed by atoms with Gasteiger partial charge in [0.05, 0.1) is 17.9 Å². The SMILES string of the molecule is CC(=O)N(c1nc(COC(=O)c2ccc(Cn3cccn3)o2)cs1)c1ccccc1F. The van der Waals surface area contributed by atoms with E-state index in [1.807, 2.05) is 0 Å². The zero-order chi connectivity index (χ0) is 21.8. The Hall–Kier alpha value is -3.79. The number of hydrogen-bond acceptors (Lipinski definition) is 7. The number of halogens is 1. The van der Waals surface area contributed by atoms with Crippen molar-refractivity contribution >= 4 is 34.0 Å². The first kappa shape index (κ1) is 20.5. The number of nitrogens with zero attached hydrogens (tertiary/aromatic N) is 4. The summed E-state index contributed by atoms with van der Waals surface area (Å²) in [4.78, 5) is 29.9. The van der Waals surface area contributed by atoms with E-state index in [-0.39, 0.29) is 29.1 Å². The topological polar surface area (TPSA) is 90.5 Å². The summed E-state index contributed by atoms with van der Waals surface area (Å²) in [6.45, 7) is 1.60. The molecular formula is C21H17FN4O4S. The fourth-order valence-corrected chi connectivity index (χ4v) is 3.71. The molecule has 0 saturated carbocycles. The molecule has 0 aliphatic carbocycles. The summed E-state index contributed by atoms with van der Waals surface area (Å²) in [7, 11) is 0. The number of thiazole rings is 1. The molecule has 1 amide bonds. The summed E-state index contributed by atoms with van der Waals surface area (Å²) in [5.74, 6) is -0.936. The molecule has 0 N–H and O–H groups in total. The van der Waals surface area contributed by atoms with Gasteiger partial charge in [0.15, 0.2) is 5.13 Å². The highest BCUT2D eigenvalue weighted by Crippen LogP contribution is 2.30. The number of carbonyl (C=O) groups is 2. The van der Waals surface area contributed by atoms with Crippen molar-refractivity contribution in [3.8, 4) is 0 Å². The van der Waals surface area contributed by atoms with Gasteiger partial charge >= 0.3 is 5.97 Å². The average Bonchev–Trinajstić information content (AvgIpc) is 3.51. The highest BCUT2D eigenvalue weighted by molar-refractivity contribution is 7.14. The standard InChI is InChI=1S/C21H17FN4O4S/c1-14(27)26(18-6-3-2-5-17(18)22)21-24-15(13-31-21)12-29-20(28)19-8-7-16(30-19)11-25-10-4-9-23-25/h2-10,13H,11-12H2,1H3. The Morgan fingerprint density at radius 1 is 1.23 bits per heavy atom. The lowest BCUT2D eigenvalue weighted by molar-refractivity contribution is -0.115. The minimum absolute atomic E-state index is 0.0642. The van der Waals surface area contributed by atoms with Crippen molar-refractivity contribution in [2.24, 2.45) is 0 Å². The molecule has 3 aromatic heterocycles. The van der Waals surface area contributed by atoms with Gasteiger partial charge < -0.3 is 9.15 Å².